The minimum absolute atomic E-state index is 0.0871. The quantitative estimate of drug-likeness (QED) is 0.583. The number of benzene rings is 1. The van der Waals surface area contributed by atoms with Crippen molar-refractivity contribution < 1.29 is 13.2 Å². The monoisotopic (exact) mass is 423 g/mol. The summed E-state index contributed by atoms with van der Waals surface area (Å²) < 4.78 is 31.2. The van der Waals surface area contributed by atoms with Crippen molar-refractivity contribution in [1.29, 1.82) is 0 Å². The zero-order valence-corrected chi connectivity index (χ0v) is 17.5. The van der Waals surface area contributed by atoms with Crippen molar-refractivity contribution >= 4 is 30.8 Å². The van der Waals surface area contributed by atoms with Crippen LogP contribution in [0, 0.1) is 6.92 Å². The first-order valence-electron chi connectivity index (χ1n) is 9.07. The molecule has 150 valence electrons. The molecule has 2 aromatic heterocycles. The predicted octanol–water partition coefficient (Wildman–Crippen LogP) is 3.83. The smallest absolute Gasteiger partial charge is 0.261 e. The second kappa shape index (κ2) is 7.97. The first-order chi connectivity index (χ1) is 13.3. The first-order valence-corrected chi connectivity index (χ1v) is 11.4. The average Bonchev–Trinajstić information content (AvgIpc) is 2.95. The van der Waals surface area contributed by atoms with Gasteiger partial charge in [0.25, 0.3) is 14.6 Å². The first kappa shape index (κ1) is 20.4. The van der Waals surface area contributed by atoms with Gasteiger partial charge in [0.1, 0.15) is 17.2 Å². The summed E-state index contributed by atoms with van der Waals surface area (Å²) in [6.45, 7) is 7.03. The van der Waals surface area contributed by atoms with E-state index in [4.69, 9.17) is 15.4 Å². The number of nitrogens with zero attached hydrogens (tertiary/aromatic N) is 2. The number of nitrogens with one attached hydrogen (secondary N) is 1. The van der Waals surface area contributed by atoms with Crippen molar-refractivity contribution in [3.05, 3.63) is 40.3 Å². The van der Waals surface area contributed by atoms with Crippen molar-refractivity contribution in [1.82, 2.24) is 14.5 Å². The molecule has 9 heteroatoms. The van der Waals surface area contributed by atoms with Crippen LogP contribution < -0.4 is 10.3 Å². The number of H-pyrrole nitrogens is 1. The molecule has 2 heterocycles. The number of hydrogen-bond donors (Lipinski definition) is 1. The third-order valence-electron chi connectivity index (χ3n) is 4.33. The van der Waals surface area contributed by atoms with Crippen LogP contribution in [-0.2, 0) is 15.6 Å². The average molecular weight is 424 g/mol. The summed E-state index contributed by atoms with van der Waals surface area (Å²) >= 11 is 0. The molecule has 0 bridgehead atoms. The van der Waals surface area contributed by atoms with Crippen molar-refractivity contribution in [2.24, 2.45) is 0 Å². The molecule has 0 aliphatic heterocycles. The molecule has 28 heavy (non-hydrogen) atoms. The van der Waals surface area contributed by atoms with Gasteiger partial charge in [-0.2, -0.15) is 0 Å². The van der Waals surface area contributed by atoms with Crippen LogP contribution in [0.2, 0.25) is 0 Å². The van der Waals surface area contributed by atoms with Gasteiger partial charge in [0, 0.05) is 23.4 Å². The lowest BCUT2D eigenvalue weighted by molar-refractivity contribution is 0.318. The van der Waals surface area contributed by atoms with E-state index in [1.807, 2.05) is 31.5 Å². The van der Waals surface area contributed by atoms with Crippen molar-refractivity contribution in [3.63, 3.8) is 0 Å². The van der Waals surface area contributed by atoms with Gasteiger partial charge < -0.3 is 14.3 Å². The summed E-state index contributed by atoms with van der Waals surface area (Å²) in [7, 11) is 1.56. The number of aromatic nitrogens is 3. The maximum absolute atomic E-state index is 12.7. The van der Waals surface area contributed by atoms with E-state index in [0.29, 0.717) is 29.0 Å². The van der Waals surface area contributed by atoms with Gasteiger partial charge >= 0.3 is 0 Å². The van der Waals surface area contributed by atoms with E-state index in [9.17, 15) is 13.2 Å². The topological polar surface area (TPSA) is 94.1 Å². The van der Waals surface area contributed by atoms with Crippen molar-refractivity contribution in [2.45, 2.75) is 45.1 Å². The number of hydrogen-bond acceptors (Lipinski definition) is 5. The number of halogens is 1. The number of ether oxygens (including phenoxy) is 1. The Morgan fingerprint density at radius 2 is 2.00 bits per heavy atom. The van der Waals surface area contributed by atoms with Gasteiger partial charge in [-0.15, -0.1) is 0 Å². The van der Waals surface area contributed by atoms with E-state index in [0.717, 1.165) is 24.9 Å². The van der Waals surface area contributed by atoms with Crippen LogP contribution in [0.3, 0.4) is 0 Å². The van der Waals surface area contributed by atoms with Gasteiger partial charge in [-0.25, -0.2) is 13.4 Å². The van der Waals surface area contributed by atoms with E-state index in [1.165, 1.54) is 18.2 Å². The lowest BCUT2D eigenvalue weighted by Gasteiger charge is -2.12. The summed E-state index contributed by atoms with van der Waals surface area (Å²) in [4.78, 5) is 20.0. The lowest BCUT2D eigenvalue weighted by atomic mass is 10.1. The largest absolute Gasteiger partial charge is 0.493 e. The van der Waals surface area contributed by atoms with Gasteiger partial charge in [-0.05, 0) is 43.5 Å². The van der Waals surface area contributed by atoms with Crippen LogP contribution in [0.5, 0.6) is 5.75 Å². The highest BCUT2D eigenvalue weighted by Crippen LogP contribution is 2.32. The molecule has 0 saturated carbocycles. The zero-order valence-electron chi connectivity index (χ0n) is 16.0. The maximum atomic E-state index is 12.7. The Morgan fingerprint density at radius 3 is 2.64 bits per heavy atom. The molecule has 7 nitrogen and oxygen atoms in total. The molecule has 3 aromatic rings. The summed E-state index contributed by atoms with van der Waals surface area (Å²) in [5, 5.41) is 0.523. The molecule has 3 rings (SSSR count). The Balaban J connectivity index is 2.27. The Kier molecular flexibility index (Phi) is 5.81. The Hall–Kier alpha value is -2.32. The molecule has 1 aromatic carbocycles. The van der Waals surface area contributed by atoms with E-state index >= 15 is 0 Å². The van der Waals surface area contributed by atoms with Gasteiger partial charge in [-0.3, -0.25) is 4.79 Å². The molecule has 0 amide bonds. The number of rotatable bonds is 7. The van der Waals surface area contributed by atoms with Gasteiger partial charge in [-0.1, -0.05) is 13.8 Å². The molecule has 0 aliphatic rings. The van der Waals surface area contributed by atoms with Crippen LogP contribution >= 0.6 is 10.7 Å². The number of aryl methyl sites for hydroxylation is 2. The number of aromatic amines is 1. The van der Waals surface area contributed by atoms with E-state index in [2.05, 4.69) is 9.97 Å². The molecule has 0 fully saturated rings. The second-order valence-electron chi connectivity index (χ2n) is 6.56. The maximum Gasteiger partial charge on any atom is 0.261 e. The molecular formula is C19H22ClN3O4S. The van der Waals surface area contributed by atoms with E-state index in [-0.39, 0.29) is 16.3 Å². The summed E-state index contributed by atoms with van der Waals surface area (Å²) in [5.41, 5.74) is 1.48. The SMILES string of the molecule is CCCOc1ccc(S(=O)(=O)Cl)cc1-c1nc2c(c(C)cn2CCC)c(=O)[nH]1. The molecule has 1 N–H and O–H groups in total. The van der Waals surface area contributed by atoms with Gasteiger partial charge in [0.2, 0.25) is 0 Å². The molecule has 0 aliphatic carbocycles. The van der Waals surface area contributed by atoms with Crippen LogP contribution in [0.15, 0.2) is 34.1 Å². The molecular weight excluding hydrogens is 402 g/mol. The van der Waals surface area contributed by atoms with Crippen molar-refractivity contribution in [2.75, 3.05) is 6.61 Å². The van der Waals surface area contributed by atoms with Crippen LogP contribution in [0.25, 0.3) is 22.4 Å². The van der Waals surface area contributed by atoms with Crippen LogP contribution in [0.4, 0.5) is 0 Å². The van der Waals surface area contributed by atoms with Gasteiger partial charge in [0.05, 0.1) is 22.5 Å². The van der Waals surface area contributed by atoms with E-state index in [1.54, 1.807) is 0 Å². The van der Waals surface area contributed by atoms with E-state index < -0.39 is 9.05 Å². The molecule has 0 atom stereocenters. The third-order valence-corrected chi connectivity index (χ3v) is 5.68. The Morgan fingerprint density at radius 1 is 1.25 bits per heavy atom. The van der Waals surface area contributed by atoms with Crippen LogP contribution in [0.1, 0.15) is 32.3 Å². The number of fused-ring (bicyclic) bond motifs is 1. The molecule has 0 unspecified atom stereocenters. The second-order valence-corrected chi connectivity index (χ2v) is 9.13. The molecule has 0 saturated heterocycles. The summed E-state index contributed by atoms with van der Waals surface area (Å²) in [6.07, 6.45) is 3.56. The van der Waals surface area contributed by atoms with Crippen LogP contribution in [-0.4, -0.2) is 29.6 Å². The highest BCUT2D eigenvalue weighted by molar-refractivity contribution is 8.13. The minimum Gasteiger partial charge on any atom is -0.493 e. The fraction of sp³-hybridized carbons (Fsp3) is 0.368. The summed E-state index contributed by atoms with van der Waals surface area (Å²) in [6, 6.07) is 4.27. The highest BCUT2D eigenvalue weighted by atomic mass is 35.7. The fourth-order valence-electron chi connectivity index (χ4n) is 3.11. The highest BCUT2D eigenvalue weighted by Gasteiger charge is 2.19. The molecule has 0 spiro atoms. The Labute approximate surface area is 167 Å². The predicted molar refractivity (Wildman–Crippen MR) is 110 cm³/mol. The fourth-order valence-corrected chi connectivity index (χ4v) is 3.88. The zero-order chi connectivity index (χ0) is 20.5. The Bertz CT molecular complexity index is 1180. The standard InChI is InChI=1S/C19H22ClN3O4S/c1-4-8-23-11-12(3)16-18(23)21-17(22-19(16)24)14-10-13(28(20,25)26)6-7-15(14)27-9-5-2/h6-7,10-11H,4-5,8-9H2,1-3H3,(H,21,22,24). The molecule has 0 radical (unpaired) electrons. The van der Waals surface area contributed by atoms with Gasteiger partial charge in [0.15, 0.2) is 0 Å². The third kappa shape index (κ3) is 3.93. The summed E-state index contributed by atoms with van der Waals surface area (Å²) in [5.74, 6) is 0.667. The normalized spacial score (nSPS) is 11.9. The lowest BCUT2D eigenvalue weighted by Crippen LogP contribution is -2.12. The minimum atomic E-state index is -3.94. The van der Waals surface area contributed by atoms with Crippen molar-refractivity contribution in [3.8, 4) is 17.1 Å².